The minimum Gasteiger partial charge on any atom is -0.496 e. The number of imidazole rings is 1. The lowest BCUT2D eigenvalue weighted by atomic mass is 10.1. The number of hydrogen-bond donors (Lipinski definition) is 1. The highest BCUT2D eigenvalue weighted by Gasteiger charge is 2.31. The molecule has 1 amide bonds. The number of aromatic nitrogens is 2. The number of para-hydroxylation sites is 2. The molecule has 0 aliphatic carbocycles. The van der Waals surface area contributed by atoms with Crippen LogP contribution in [0.2, 0.25) is 0 Å². The van der Waals surface area contributed by atoms with Crippen molar-refractivity contribution in [3.8, 4) is 11.8 Å². The van der Waals surface area contributed by atoms with Gasteiger partial charge in [-0.05, 0) is 53.7 Å². The van der Waals surface area contributed by atoms with Gasteiger partial charge in [0.15, 0.2) is 5.52 Å². The number of isocyanates is 1. The van der Waals surface area contributed by atoms with Crippen LogP contribution < -0.4 is 14.4 Å². The third-order valence-corrected chi connectivity index (χ3v) is 6.29. The molecule has 1 aliphatic rings. The van der Waals surface area contributed by atoms with Gasteiger partial charge in [0.05, 0.1) is 19.7 Å². The van der Waals surface area contributed by atoms with E-state index in [1.807, 2.05) is 18.2 Å². The van der Waals surface area contributed by atoms with Crippen LogP contribution in [-0.4, -0.2) is 47.3 Å². The summed E-state index contributed by atoms with van der Waals surface area (Å²) in [5.74, 6) is -0.185. The number of methoxy groups -OCH3 is 2. The summed E-state index contributed by atoms with van der Waals surface area (Å²) in [5, 5.41) is 0. The predicted octanol–water partition coefficient (Wildman–Crippen LogP) is 4.87. The van der Waals surface area contributed by atoms with Crippen molar-refractivity contribution >= 4 is 40.1 Å². The van der Waals surface area contributed by atoms with Crippen molar-refractivity contribution in [3.05, 3.63) is 71.8 Å². The topological polar surface area (TPSA) is 87.5 Å². The van der Waals surface area contributed by atoms with E-state index >= 15 is 0 Å². The maximum Gasteiger partial charge on any atom is 0.440 e. The van der Waals surface area contributed by atoms with Crippen molar-refractivity contribution in [3.63, 3.8) is 0 Å². The number of H-pyrrole nitrogens is 1. The number of aromatic amines is 1. The number of amides is 1. The number of fused-ring (bicyclic) bond motifs is 2. The number of nitrogens with zero attached hydrogens (tertiary/aromatic N) is 3. The molecule has 0 radical (unpaired) electrons. The van der Waals surface area contributed by atoms with Crippen LogP contribution in [0.25, 0.3) is 11.0 Å². The monoisotopic (exact) mass is 469 g/mol. The zero-order valence-corrected chi connectivity index (χ0v) is 19.6. The maximum atomic E-state index is 13.5. The van der Waals surface area contributed by atoms with E-state index in [2.05, 4.69) is 33.1 Å². The molecule has 0 saturated carbocycles. The molecule has 0 atom stereocenters. The molecular weight excluding hydrogens is 444 g/mol. The summed E-state index contributed by atoms with van der Waals surface area (Å²) in [6.07, 6.45) is 4.97. The van der Waals surface area contributed by atoms with Gasteiger partial charge in [-0.2, -0.15) is 9.78 Å². The highest BCUT2D eigenvalue weighted by Crippen LogP contribution is 2.36. The van der Waals surface area contributed by atoms with Crippen LogP contribution in [0.4, 0.5) is 17.1 Å². The molecule has 3 aromatic carbocycles. The maximum absolute atomic E-state index is 13.5. The minimum atomic E-state index is -0.561. The number of hydrogen-bond acceptors (Lipinski definition) is 6. The molecule has 8 heteroatoms. The summed E-state index contributed by atoms with van der Waals surface area (Å²) in [7, 11) is 3.00. The van der Waals surface area contributed by atoms with E-state index in [-0.39, 0.29) is 11.6 Å². The Balaban J connectivity index is 1.54. The molecule has 1 aromatic heterocycles. The summed E-state index contributed by atoms with van der Waals surface area (Å²) in [6, 6.07) is 19.2. The van der Waals surface area contributed by atoms with Crippen molar-refractivity contribution < 1.29 is 23.6 Å². The molecule has 1 N–H and O–H groups in total. The smallest absolute Gasteiger partial charge is 0.440 e. The average molecular weight is 470 g/mol. The molecule has 8 nitrogen and oxygen atoms in total. The van der Waals surface area contributed by atoms with E-state index < -0.39 is 5.91 Å². The normalized spacial score (nSPS) is 13.0. The lowest BCUT2D eigenvalue weighted by Crippen LogP contribution is -2.20. The van der Waals surface area contributed by atoms with Crippen LogP contribution in [0, 0.1) is 0 Å². The van der Waals surface area contributed by atoms with Gasteiger partial charge in [0.25, 0.3) is 11.7 Å². The van der Waals surface area contributed by atoms with E-state index in [0.29, 0.717) is 22.5 Å². The highest BCUT2D eigenvalue weighted by atomic mass is 16.5. The van der Waals surface area contributed by atoms with Gasteiger partial charge < -0.3 is 19.4 Å². The van der Waals surface area contributed by atoms with Crippen molar-refractivity contribution in [2.75, 3.05) is 25.7 Å². The minimum absolute atomic E-state index is 0.252. The van der Waals surface area contributed by atoms with Crippen LogP contribution in [0.3, 0.4) is 0 Å². The number of carbonyl (C=O) groups is 1. The van der Waals surface area contributed by atoms with Crippen LogP contribution in [0.5, 0.6) is 11.8 Å². The number of benzene rings is 3. The largest absolute Gasteiger partial charge is 0.496 e. The number of rotatable bonds is 5. The molecule has 0 saturated heterocycles. The Bertz CT molecular complexity index is 1470. The van der Waals surface area contributed by atoms with Crippen molar-refractivity contribution in [1.82, 2.24) is 9.97 Å². The van der Waals surface area contributed by atoms with Gasteiger partial charge in [0.2, 0.25) is 0 Å². The van der Waals surface area contributed by atoms with Gasteiger partial charge in [-0.15, -0.1) is 0 Å². The lowest BCUT2D eigenvalue weighted by molar-refractivity contribution is -0.330. The van der Waals surface area contributed by atoms with Crippen molar-refractivity contribution in [2.45, 2.75) is 19.3 Å². The molecular formula is C27H25N4O4+. The second-order valence-electron chi connectivity index (χ2n) is 8.27. The number of ether oxygens (including phenoxy) is 2. The Morgan fingerprint density at radius 1 is 1.06 bits per heavy atom. The van der Waals surface area contributed by atoms with E-state index in [9.17, 15) is 9.59 Å². The van der Waals surface area contributed by atoms with Crippen LogP contribution >= 0.6 is 0 Å². The second-order valence-corrected chi connectivity index (χ2v) is 8.27. The van der Waals surface area contributed by atoms with Gasteiger partial charge in [-0.1, -0.05) is 24.3 Å². The van der Waals surface area contributed by atoms with Gasteiger partial charge in [0.1, 0.15) is 11.3 Å². The molecule has 0 spiro atoms. The van der Waals surface area contributed by atoms with Crippen molar-refractivity contribution in [1.29, 1.82) is 0 Å². The molecule has 35 heavy (non-hydrogen) atoms. The number of anilines is 2. The van der Waals surface area contributed by atoms with Crippen molar-refractivity contribution in [2.24, 2.45) is 0 Å². The summed E-state index contributed by atoms with van der Waals surface area (Å²) < 4.78 is 11.7. The van der Waals surface area contributed by atoms with Crippen LogP contribution in [-0.2, 0) is 11.2 Å². The first-order valence-electron chi connectivity index (χ1n) is 11.4. The molecule has 0 unspecified atom stereocenters. The molecule has 5 rings (SSSR count). The first kappa shape index (κ1) is 22.4. The van der Waals surface area contributed by atoms with E-state index in [1.54, 1.807) is 30.3 Å². The lowest BCUT2D eigenvalue weighted by Gasteiger charge is -2.25. The predicted molar refractivity (Wildman–Crippen MR) is 132 cm³/mol. The van der Waals surface area contributed by atoms with E-state index in [0.717, 1.165) is 41.8 Å². The fourth-order valence-electron chi connectivity index (χ4n) is 4.58. The van der Waals surface area contributed by atoms with E-state index in [4.69, 9.17) is 9.47 Å². The summed E-state index contributed by atoms with van der Waals surface area (Å²) >= 11 is 0. The Morgan fingerprint density at radius 3 is 2.71 bits per heavy atom. The zero-order valence-electron chi connectivity index (χ0n) is 19.6. The molecule has 0 bridgehead atoms. The van der Waals surface area contributed by atoms with Gasteiger partial charge in [-0.3, -0.25) is 0 Å². The Labute approximate surface area is 202 Å². The Hall–Kier alpha value is -4.42. The van der Waals surface area contributed by atoms with Crippen LogP contribution in [0.1, 0.15) is 28.8 Å². The summed E-state index contributed by atoms with van der Waals surface area (Å²) in [5.41, 5.74) is 5.00. The molecule has 176 valence electrons. The molecule has 4 aromatic rings. The fourth-order valence-corrected chi connectivity index (χ4v) is 4.58. The quantitative estimate of drug-likeness (QED) is 0.255. The fraction of sp³-hybridized carbons (Fsp3) is 0.222. The van der Waals surface area contributed by atoms with E-state index in [1.165, 1.54) is 19.8 Å². The van der Waals surface area contributed by atoms with Gasteiger partial charge in [-0.25, -0.2) is 4.79 Å². The third kappa shape index (κ3) is 4.05. The Morgan fingerprint density at radius 2 is 1.91 bits per heavy atom. The number of nitrogens with one attached hydrogen (secondary N) is 1. The standard InChI is InChI=1S/C27H25N4O4/c1-34-24-16-19(30-15-6-5-9-18-8-3-4-11-22(18)30)13-14-20(24)26(33)31(17-32)23-12-7-10-21-25(23)29-27(28-21)35-2/h3-4,7-8,10-14,16H,5-6,9,15H2,1-2H3,(H,28,29)/q+1. The summed E-state index contributed by atoms with van der Waals surface area (Å²) in [6.45, 7) is 0.866. The zero-order chi connectivity index (χ0) is 24.4. The third-order valence-electron chi connectivity index (χ3n) is 6.29. The van der Waals surface area contributed by atoms with Crippen LogP contribution in [0.15, 0.2) is 60.7 Å². The Kier molecular flexibility index (Phi) is 6.04. The number of aryl methyl sites for hydroxylation is 1. The number of carbonyl (C=O) groups excluding carboxylic acids is 2. The SMILES string of the molecule is COc1nc2c([N+](=C=O)C(=O)c3ccc(N4CCCCc5ccccc54)cc3OC)cccc2[nH]1. The average Bonchev–Trinajstić information content (AvgIpc) is 3.21. The molecule has 2 heterocycles. The molecule has 1 aliphatic heterocycles. The van der Waals surface area contributed by atoms with Gasteiger partial charge in [0, 0.05) is 30.1 Å². The first-order chi connectivity index (χ1) is 17.1. The summed E-state index contributed by atoms with van der Waals surface area (Å²) in [4.78, 5) is 35.1. The first-order valence-corrected chi connectivity index (χ1v) is 11.4. The van der Waals surface area contributed by atoms with Gasteiger partial charge >= 0.3 is 12.0 Å². The highest BCUT2D eigenvalue weighted by molar-refractivity contribution is 5.97. The molecule has 0 fully saturated rings. The second kappa shape index (κ2) is 9.44.